The van der Waals surface area contributed by atoms with Crippen molar-refractivity contribution >= 4 is 5.65 Å². The maximum Gasteiger partial charge on any atom is 0.258 e. The first kappa shape index (κ1) is 16.7. The second-order valence-electron chi connectivity index (χ2n) is 7.37. The monoisotopic (exact) mass is 343 g/mol. The number of fused-ring (bicyclic) bond motifs is 1. The normalized spacial score (nSPS) is 24.0. The molecular formula is C19H25N3O3. The highest BCUT2D eigenvalue weighted by atomic mass is 16.5. The van der Waals surface area contributed by atoms with E-state index in [-0.39, 0.29) is 17.3 Å². The summed E-state index contributed by atoms with van der Waals surface area (Å²) in [5, 5.41) is 10.3. The van der Waals surface area contributed by atoms with Crippen molar-refractivity contribution in [1.82, 2.24) is 14.3 Å². The molecule has 6 nitrogen and oxygen atoms in total. The third-order valence-corrected chi connectivity index (χ3v) is 5.58. The number of pyridine rings is 1. The van der Waals surface area contributed by atoms with Gasteiger partial charge in [-0.25, -0.2) is 4.98 Å². The van der Waals surface area contributed by atoms with Crippen LogP contribution in [-0.2, 0) is 11.3 Å². The van der Waals surface area contributed by atoms with Crippen LogP contribution < -0.4 is 5.56 Å². The van der Waals surface area contributed by atoms with Crippen LogP contribution >= 0.6 is 0 Å². The number of hydrogen-bond donors (Lipinski definition) is 1. The molecule has 0 radical (unpaired) electrons. The van der Waals surface area contributed by atoms with Gasteiger partial charge < -0.3 is 9.84 Å². The molecule has 2 aromatic rings. The molecule has 0 saturated carbocycles. The third-order valence-electron chi connectivity index (χ3n) is 5.58. The number of aliphatic hydroxyl groups is 1. The highest BCUT2D eigenvalue weighted by molar-refractivity contribution is 5.41. The maximum absolute atomic E-state index is 12.3. The van der Waals surface area contributed by atoms with Gasteiger partial charge in [-0.2, -0.15) is 0 Å². The summed E-state index contributed by atoms with van der Waals surface area (Å²) in [6.07, 6.45) is 4.87. The summed E-state index contributed by atoms with van der Waals surface area (Å²) in [5.41, 5.74) is 2.19. The Kier molecular flexibility index (Phi) is 4.35. The van der Waals surface area contributed by atoms with E-state index in [0.29, 0.717) is 12.2 Å². The maximum atomic E-state index is 12.3. The molecule has 1 unspecified atom stereocenters. The van der Waals surface area contributed by atoms with Crippen molar-refractivity contribution in [2.45, 2.75) is 50.9 Å². The van der Waals surface area contributed by atoms with Crippen molar-refractivity contribution in [2.24, 2.45) is 0 Å². The zero-order valence-electron chi connectivity index (χ0n) is 14.6. The van der Waals surface area contributed by atoms with Crippen LogP contribution in [0.4, 0.5) is 0 Å². The van der Waals surface area contributed by atoms with Crippen LogP contribution in [0.5, 0.6) is 0 Å². The smallest absolute Gasteiger partial charge is 0.258 e. The number of aromatic nitrogens is 2. The minimum absolute atomic E-state index is 0.0421. The molecule has 0 aliphatic carbocycles. The quantitative estimate of drug-likeness (QED) is 0.895. The van der Waals surface area contributed by atoms with Gasteiger partial charge in [-0.3, -0.25) is 14.1 Å². The van der Waals surface area contributed by atoms with E-state index in [2.05, 4.69) is 9.88 Å². The molecule has 2 saturated heterocycles. The Morgan fingerprint density at radius 2 is 2.16 bits per heavy atom. The first-order valence-electron chi connectivity index (χ1n) is 9.09. The molecule has 0 bridgehead atoms. The molecular weight excluding hydrogens is 318 g/mol. The van der Waals surface area contributed by atoms with Gasteiger partial charge in [0.15, 0.2) is 0 Å². The summed E-state index contributed by atoms with van der Waals surface area (Å²) < 4.78 is 7.54. The topological polar surface area (TPSA) is 67.1 Å². The Morgan fingerprint density at radius 1 is 1.36 bits per heavy atom. The van der Waals surface area contributed by atoms with Gasteiger partial charge in [0.05, 0.1) is 17.4 Å². The number of ether oxygens (including phenoxy) is 1. The lowest BCUT2D eigenvalue weighted by molar-refractivity contribution is -0.177. The Labute approximate surface area is 147 Å². The molecule has 4 heterocycles. The average molecular weight is 343 g/mol. The minimum Gasteiger partial charge on any atom is -0.390 e. The van der Waals surface area contributed by atoms with Crippen LogP contribution in [0.2, 0.25) is 0 Å². The Balaban J connectivity index is 1.48. The van der Waals surface area contributed by atoms with Gasteiger partial charge in [0.1, 0.15) is 5.65 Å². The van der Waals surface area contributed by atoms with Crippen LogP contribution in [-0.4, -0.2) is 50.8 Å². The SMILES string of the molecule is Cc1ccn2c(=O)cc(CN3CCC4(CC3)OCCCC4O)nc2c1. The molecule has 0 aromatic carbocycles. The van der Waals surface area contributed by atoms with Gasteiger partial charge >= 0.3 is 0 Å². The number of aryl methyl sites for hydroxylation is 1. The summed E-state index contributed by atoms with van der Waals surface area (Å²) in [5.74, 6) is 0. The Hall–Kier alpha value is -1.76. The van der Waals surface area contributed by atoms with Gasteiger partial charge in [-0.05, 0) is 50.3 Å². The molecule has 2 aliphatic heterocycles. The van der Waals surface area contributed by atoms with Crippen LogP contribution in [0.1, 0.15) is 36.9 Å². The number of piperidine rings is 1. The van der Waals surface area contributed by atoms with E-state index in [1.54, 1.807) is 16.7 Å². The van der Waals surface area contributed by atoms with Crippen LogP contribution in [0.25, 0.3) is 5.65 Å². The highest BCUT2D eigenvalue weighted by Crippen LogP contribution is 2.35. The van der Waals surface area contributed by atoms with Crippen LogP contribution in [0, 0.1) is 6.92 Å². The molecule has 1 N–H and O–H groups in total. The largest absolute Gasteiger partial charge is 0.390 e. The number of aliphatic hydroxyl groups excluding tert-OH is 1. The second-order valence-corrected chi connectivity index (χ2v) is 7.37. The molecule has 2 aromatic heterocycles. The van der Waals surface area contributed by atoms with Crippen molar-refractivity contribution in [1.29, 1.82) is 0 Å². The van der Waals surface area contributed by atoms with E-state index < -0.39 is 0 Å². The van der Waals surface area contributed by atoms with Gasteiger partial charge in [0, 0.05) is 38.5 Å². The first-order chi connectivity index (χ1) is 12.1. The standard InChI is InChI=1S/C19H25N3O3/c1-14-4-7-22-17(11-14)20-15(12-18(22)24)13-21-8-5-19(6-9-21)16(23)3-2-10-25-19/h4,7,11-12,16,23H,2-3,5-6,8-10,13H2,1H3. The fourth-order valence-electron chi connectivity index (χ4n) is 4.04. The van der Waals surface area contributed by atoms with E-state index in [1.807, 2.05) is 19.1 Å². The van der Waals surface area contributed by atoms with E-state index in [4.69, 9.17) is 4.74 Å². The predicted octanol–water partition coefficient (Wildman–Crippen LogP) is 1.51. The lowest BCUT2D eigenvalue weighted by Gasteiger charge is -2.46. The van der Waals surface area contributed by atoms with Crippen LogP contribution in [0.3, 0.4) is 0 Å². The molecule has 2 fully saturated rings. The van der Waals surface area contributed by atoms with E-state index in [9.17, 15) is 9.90 Å². The highest BCUT2D eigenvalue weighted by Gasteiger charge is 2.43. The molecule has 0 amide bonds. The van der Waals surface area contributed by atoms with Crippen molar-refractivity contribution in [3.05, 3.63) is 46.0 Å². The number of hydrogen-bond acceptors (Lipinski definition) is 5. The summed E-state index contributed by atoms with van der Waals surface area (Å²) in [7, 11) is 0. The second kappa shape index (κ2) is 6.52. The number of nitrogens with zero attached hydrogens (tertiary/aromatic N) is 3. The van der Waals surface area contributed by atoms with Crippen molar-refractivity contribution < 1.29 is 9.84 Å². The van der Waals surface area contributed by atoms with Gasteiger partial charge in [-0.1, -0.05) is 0 Å². The van der Waals surface area contributed by atoms with Gasteiger partial charge in [-0.15, -0.1) is 0 Å². The zero-order valence-corrected chi connectivity index (χ0v) is 14.6. The third kappa shape index (κ3) is 3.21. The van der Waals surface area contributed by atoms with Crippen molar-refractivity contribution in [2.75, 3.05) is 19.7 Å². The Morgan fingerprint density at radius 3 is 2.92 bits per heavy atom. The van der Waals surface area contributed by atoms with Crippen LogP contribution in [0.15, 0.2) is 29.2 Å². The first-order valence-corrected chi connectivity index (χ1v) is 9.09. The fourth-order valence-corrected chi connectivity index (χ4v) is 4.04. The van der Waals surface area contributed by atoms with E-state index in [1.165, 1.54) is 0 Å². The summed E-state index contributed by atoms with van der Waals surface area (Å²) >= 11 is 0. The van der Waals surface area contributed by atoms with Gasteiger partial charge in [0.25, 0.3) is 5.56 Å². The average Bonchev–Trinajstić information content (AvgIpc) is 2.59. The van der Waals surface area contributed by atoms with Crippen molar-refractivity contribution in [3.8, 4) is 0 Å². The summed E-state index contributed by atoms with van der Waals surface area (Å²) in [4.78, 5) is 19.2. The summed E-state index contributed by atoms with van der Waals surface area (Å²) in [6, 6.07) is 5.47. The summed E-state index contributed by atoms with van der Waals surface area (Å²) in [6.45, 7) is 5.11. The molecule has 25 heavy (non-hydrogen) atoms. The zero-order chi connectivity index (χ0) is 17.4. The molecule has 4 rings (SSSR count). The number of rotatable bonds is 2. The molecule has 1 atom stereocenters. The minimum atomic E-state index is -0.359. The molecule has 6 heteroatoms. The Bertz CT molecular complexity index is 824. The lowest BCUT2D eigenvalue weighted by atomic mass is 9.82. The predicted molar refractivity (Wildman–Crippen MR) is 94.6 cm³/mol. The van der Waals surface area contributed by atoms with E-state index in [0.717, 1.165) is 56.6 Å². The van der Waals surface area contributed by atoms with Gasteiger partial charge in [0.2, 0.25) is 0 Å². The van der Waals surface area contributed by atoms with Crippen molar-refractivity contribution in [3.63, 3.8) is 0 Å². The number of likely N-dealkylation sites (tertiary alicyclic amines) is 1. The molecule has 134 valence electrons. The molecule has 1 spiro atoms. The van der Waals surface area contributed by atoms with E-state index >= 15 is 0 Å². The fraction of sp³-hybridized carbons (Fsp3) is 0.579. The molecule has 2 aliphatic rings. The lowest BCUT2D eigenvalue weighted by Crippen LogP contribution is -2.55.